The van der Waals surface area contributed by atoms with Crippen molar-refractivity contribution in [2.75, 3.05) is 6.61 Å². The van der Waals surface area contributed by atoms with Crippen LogP contribution in [0.4, 0.5) is 4.79 Å². The molecule has 0 saturated carbocycles. The molecule has 0 aromatic carbocycles. The predicted molar refractivity (Wildman–Crippen MR) is 134 cm³/mol. The van der Waals surface area contributed by atoms with E-state index >= 15 is 0 Å². The van der Waals surface area contributed by atoms with Gasteiger partial charge in [-0.1, -0.05) is 53.5 Å². The van der Waals surface area contributed by atoms with Crippen LogP contribution in [0.5, 0.6) is 0 Å². The van der Waals surface area contributed by atoms with Crippen LogP contribution in [-0.2, 0) is 28.6 Å². The summed E-state index contributed by atoms with van der Waals surface area (Å²) in [5.41, 5.74) is 0.0239. The van der Waals surface area contributed by atoms with Gasteiger partial charge < -0.3 is 14.2 Å². The van der Waals surface area contributed by atoms with Gasteiger partial charge in [0.25, 0.3) is 11.8 Å². The highest BCUT2D eigenvalue weighted by atomic mass is 31.0. The number of rotatable bonds is 11. The van der Waals surface area contributed by atoms with Crippen molar-refractivity contribution in [3.8, 4) is 0 Å². The van der Waals surface area contributed by atoms with E-state index in [2.05, 4.69) is 64.6 Å². The minimum atomic E-state index is -1.33. The fourth-order valence-electron chi connectivity index (χ4n) is 3.51. The van der Waals surface area contributed by atoms with Gasteiger partial charge in [-0.25, -0.2) is 4.79 Å². The Hall–Kier alpha value is -1.24. The zero-order chi connectivity index (χ0) is 26.8. The normalized spacial score (nSPS) is 18.6. The first-order valence-electron chi connectivity index (χ1n) is 12.0. The van der Waals surface area contributed by atoms with Gasteiger partial charge in [0.15, 0.2) is 0 Å². The number of carbonyl (C=O) groups is 3. The number of imide groups is 1. The van der Waals surface area contributed by atoms with Crippen molar-refractivity contribution in [3.05, 3.63) is 0 Å². The molecule has 34 heavy (non-hydrogen) atoms. The fraction of sp³-hybridized carbons (Fsp3) is 0.880. The van der Waals surface area contributed by atoms with Gasteiger partial charge in [0.05, 0.1) is 11.4 Å². The molecule has 0 aliphatic carbocycles. The van der Waals surface area contributed by atoms with Gasteiger partial charge in [0, 0.05) is 33.3 Å². The smallest absolute Gasteiger partial charge is 0.401 e. The molecule has 3 unspecified atom stereocenters. The fourth-order valence-corrected chi connectivity index (χ4v) is 3.75. The first-order valence-corrected chi connectivity index (χ1v) is 12.6. The molecular weight excluding hydrogens is 457 g/mol. The Morgan fingerprint density at radius 3 is 1.91 bits per heavy atom. The molecule has 2 amide bonds. The van der Waals surface area contributed by atoms with Crippen molar-refractivity contribution in [2.45, 2.75) is 119 Å². The van der Waals surface area contributed by atoms with Crippen LogP contribution in [0.25, 0.3) is 0 Å². The summed E-state index contributed by atoms with van der Waals surface area (Å²) in [5.74, 6) is -2.46. The van der Waals surface area contributed by atoms with Crippen molar-refractivity contribution in [1.82, 2.24) is 5.06 Å². The molecule has 0 aromatic heterocycles. The van der Waals surface area contributed by atoms with Gasteiger partial charge in [-0.2, -0.15) is 0 Å². The lowest BCUT2D eigenvalue weighted by Gasteiger charge is -2.45. The number of carbonyl (C=O) groups excluding carboxylic acids is 3. The van der Waals surface area contributed by atoms with Crippen LogP contribution in [0.1, 0.15) is 102 Å². The Balaban J connectivity index is 2.64. The molecule has 1 aliphatic rings. The molecule has 0 bridgehead atoms. The molecule has 0 spiro atoms. The van der Waals surface area contributed by atoms with E-state index in [1.54, 1.807) is 13.8 Å². The number of ether oxygens (including phenoxy) is 3. The minimum Gasteiger partial charge on any atom is -0.401 e. The summed E-state index contributed by atoms with van der Waals surface area (Å²) < 4.78 is 17.6. The molecule has 0 radical (unpaired) electrons. The molecule has 3 atom stereocenters. The highest BCUT2D eigenvalue weighted by molar-refractivity contribution is 7.18. The molecule has 9 heteroatoms. The van der Waals surface area contributed by atoms with E-state index in [0.29, 0.717) is 18.1 Å². The van der Waals surface area contributed by atoms with Crippen molar-refractivity contribution < 1.29 is 33.4 Å². The number of hydrogen-bond donors (Lipinski definition) is 0. The van der Waals surface area contributed by atoms with Gasteiger partial charge in [0.1, 0.15) is 0 Å². The maximum Gasteiger partial charge on any atom is 0.536 e. The summed E-state index contributed by atoms with van der Waals surface area (Å²) in [6.45, 7) is 23.2. The quantitative estimate of drug-likeness (QED) is 0.152. The molecule has 1 aliphatic heterocycles. The number of amides is 2. The van der Waals surface area contributed by atoms with Crippen LogP contribution in [0.15, 0.2) is 0 Å². The first-order chi connectivity index (χ1) is 15.1. The van der Waals surface area contributed by atoms with Crippen LogP contribution in [-0.4, -0.2) is 46.9 Å². The van der Waals surface area contributed by atoms with Gasteiger partial charge >= 0.3 is 6.16 Å². The lowest BCUT2D eigenvalue weighted by Crippen LogP contribution is -2.44. The second-order valence-corrected chi connectivity index (χ2v) is 13.4. The summed E-state index contributed by atoms with van der Waals surface area (Å²) in [7, 11) is 2.84. The van der Waals surface area contributed by atoms with Crippen LogP contribution < -0.4 is 0 Å². The van der Waals surface area contributed by atoms with Gasteiger partial charge in [0.2, 0.25) is 5.79 Å². The number of nitrogens with zero attached hydrogens (tertiary/aromatic N) is 1. The van der Waals surface area contributed by atoms with Crippen LogP contribution in [0, 0.1) is 16.2 Å². The summed E-state index contributed by atoms with van der Waals surface area (Å²) in [6, 6.07) is 0. The van der Waals surface area contributed by atoms with Crippen molar-refractivity contribution in [3.63, 3.8) is 0 Å². The molecule has 1 rings (SSSR count). The Morgan fingerprint density at radius 2 is 1.44 bits per heavy atom. The maximum atomic E-state index is 12.1. The number of hydrogen-bond acceptors (Lipinski definition) is 7. The average molecular weight is 504 g/mol. The first kappa shape index (κ1) is 30.8. The van der Waals surface area contributed by atoms with Gasteiger partial charge in [-0.15, -0.1) is 9.24 Å². The van der Waals surface area contributed by atoms with E-state index in [1.807, 2.05) is 6.92 Å². The number of hydroxylamine groups is 2. The van der Waals surface area contributed by atoms with E-state index in [4.69, 9.17) is 19.0 Å². The topological polar surface area (TPSA) is 91.4 Å². The van der Waals surface area contributed by atoms with E-state index < -0.39 is 29.1 Å². The standard InChI is InChI=1S/C25H46NO7P/c1-17(31-24(9,10)32-20(29)33-26-18(27)12-13-19(26)28)16-23(7,8)25(11,34)30-15-14-22(5,6)21(2,3)4/h17H,12-16,34H2,1-11H3. The third-order valence-electron chi connectivity index (χ3n) is 7.29. The molecule has 198 valence electrons. The van der Waals surface area contributed by atoms with E-state index in [0.717, 1.165) is 6.42 Å². The van der Waals surface area contributed by atoms with Gasteiger partial charge in [-0.05, 0) is 42.9 Å². The van der Waals surface area contributed by atoms with E-state index in [-0.39, 0.29) is 35.2 Å². The molecular formula is C25H46NO7P. The highest BCUT2D eigenvalue weighted by Gasteiger charge is 2.42. The Bertz CT molecular complexity index is 737. The molecule has 1 heterocycles. The summed E-state index contributed by atoms with van der Waals surface area (Å²) >= 11 is 0. The van der Waals surface area contributed by atoms with Crippen LogP contribution in [0.2, 0.25) is 0 Å². The van der Waals surface area contributed by atoms with Crippen LogP contribution >= 0.6 is 9.24 Å². The molecule has 8 nitrogen and oxygen atoms in total. The monoisotopic (exact) mass is 503 g/mol. The molecule has 1 fully saturated rings. The maximum absolute atomic E-state index is 12.1. The van der Waals surface area contributed by atoms with Crippen molar-refractivity contribution in [2.24, 2.45) is 16.2 Å². The second-order valence-electron chi connectivity index (χ2n) is 12.3. The van der Waals surface area contributed by atoms with E-state index in [9.17, 15) is 14.4 Å². The third kappa shape index (κ3) is 8.46. The van der Waals surface area contributed by atoms with Crippen molar-refractivity contribution in [1.29, 1.82) is 0 Å². The Morgan fingerprint density at radius 1 is 0.941 bits per heavy atom. The molecule has 1 saturated heterocycles. The highest BCUT2D eigenvalue weighted by Crippen LogP contribution is 2.46. The summed E-state index contributed by atoms with van der Waals surface area (Å²) in [5, 5.41) is -0.0536. The lowest BCUT2D eigenvalue weighted by atomic mass is 9.67. The zero-order valence-electron chi connectivity index (χ0n) is 23.0. The summed E-state index contributed by atoms with van der Waals surface area (Å²) in [6.07, 6.45) is 0.139. The zero-order valence-corrected chi connectivity index (χ0v) is 24.1. The molecule has 0 aromatic rings. The van der Waals surface area contributed by atoms with Crippen LogP contribution in [0.3, 0.4) is 0 Å². The Labute approximate surface area is 207 Å². The largest absolute Gasteiger partial charge is 0.536 e. The second kappa shape index (κ2) is 10.8. The van der Waals surface area contributed by atoms with E-state index in [1.165, 1.54) is 0 Å². The predicted octanol–water partition coefficient (Wildman–Crippen LogP) is 5.83. The Kier molecular flexibility index (Phi) is 9.78. The third-order valence-corrected chi connectivity index (χ3v) is 8.23. The van der Waals surface area contributed by atoms with Gasteiger partial charge in [-0.3, -0.25) is 14.4 Å². The average Bonchev–Trinajstić information content (AvgIpc) is 2.90. The minimum absolute atomic E-state index is 0.0156. The SMILES string of the molecule is CC(CC(C)(C)C(C)(P)OCCC(C)(C)C(C)(C)C)OC(C)(C)OC(=O)ON1C(=O)CCC1=O. The van der Waals surface area contributed by atoms with Crippen molar-refractivity contribution >= 4 is 27.2 Å². The molecule has 0 N–H and O–H groups in total. The lowest BCUT2D eigenvalue weighted by molar-refractivity contribution is -0.234. The summed E-state index contributed by atoms with van der Waals surface area (Å²) in [4.78, 5) is 40.1.